The average molecular weight is 317 g/mol. The molecule has 8 nitrogen and oxygen atoms in total. The second-order valence-electron chi connectivity index (χ2n) is 5.29. The maximum Gasteiger partial charge on any atom is 0.340 e. The number of sulfonamides is 1. The molecule has 2 rings (SSSR count). The molecule has 0 aliphatic carbocycles. The Kier molecular flexibility index (Phi) is 4.64. The molecule has 0 bridgehead atoms. The fourth-order valence-corrected chi connectivity index (χ4v) is 3.62. The predicted molar refractivity (Wildman–Crippen MR) is 73.6 cm³/mol. The number of carbonyl (C=O) groups is 1. The zero-order valence-corrected chi connectivity index (χ0v) is 12.8. The number of aromatic nitrogens is 2. The van der Waals surface area contributed by atoms with Gasteiger partial charge in [-0.05, 0) is 5.92 Å². The first kappa shape index (κ1) is 15.9. The van der Waals surface area contributed by atoms with Crippen molar-refractivity contribution in [1.82, 2.24) is 14.1 Å². The lowest BCUT2D eigenvalue weighted by molar-refractivity contribution is 0.0688. The highest BCUT2D eigenvalue weighted by Crippen LogP contribution is 2.20. The first-order valence-electron chi connectivity index (χ1n) is 6.71. The number of morpholine rings is 1. The van der Waals surface area contributed by atoms with E-state index in [0.29, 0.717) is 19.8 Å². The van der Waals surface area contributed by atoms with Crippen LogP contribution in [0, 0.1) is 5.92 Å². The zero-order valence-electron chi connectivity index (χ0n) is 12.0. The van der Waals surface area contributed by atoms with Crippen molar-refractivity contribution in [2.45, 2.75) is 25.4 Å². The van der Waals surface area contributed by atoms with Crippen molar-refractivity contribution in [2.75, 3.05) is 26.3 Å². The lowest BCUT2D eigenvalue weighted by Gasteiger charge is -2.25. The maximum atomic E-state index is 12.5. The van der Waals surface area contributed by atoms with Crippen molar-refractivity contribution in [2.24, 2.45) is 5.92 Å². The molecule has 1 aliphatic heterocycles. The van der Waals surface area contributed by atoms with E-state index in [1.807, 2.05) is 13.8 Å². The Bertz CT molecular complexity index is 617. The molecule has 1 saturated heterocycles. The van der Waals surface area contributed by atoms with Crippen LogP contribution in [0.2, 0.25) is 0 Å². The van der Waals surface area contributed by atoms with Crippen LogP contribution in [-0.2, 0) is 21.3 Å². The van der Waals surface area contributed by atoms with E-state index in [2.05, 4.69) is 5.10 Å². The number of nitrogens with zero attached hydrogens (tertiary/aromatic N) is 3. The van der Waals surface area contributed by atoms with Crippen LogP contribution in [0.1, 0.15) is 24.2 Å². The van der Waals surface area contributed by atoms with Gasteiger partial charge in [-0.2, -0.15) is 9.40 Å². The quantitative estimate of drug-likeness (QED) is 0.835. The number of carboxylic acid groups (broad SMARTS) is 1. The lowest BCUT2D eigenvalue weighted by atomic mass is 10.2. The third-order valence-electron chi connectivity index (χ3n) is 3.06. The third kappa shape index (κ3) is 3.42. The number of hydrogen-bond donors (Lipinski definition) is 1. The molecule has 0 amide bonds. The fraction of sp³-hybridized carbons (Fsp3) is 0.667. The van der Waals surface area contributed by atoms with Gasteiger partial charge in [-0.15, -0.1) is 0 Å². The topological polar surface area (TPSA) is 102 Å². The van der Waals surface area contributed by atoms with Crippen molar-refractivity contribution in [3.8, 4) is 0 Å². The molecule has 1 N–H and O–H groups in total. The van der Waals surface area contributed by atoms with Crippen LogP contribution in [0.4, 0.5) is 0 Å². The standard InChI is InChI=1S/C12H19N3O5S/c1-9(2)7-14-8-10(12(16)17)11(13-14)21(18,19)15-3-5-20-6-4-15/h8-9H,3-7H2,1-2H3,(H,16,17). The first-order chi connectivity index (χ1) is 9.82. The highest BCUT2D eigenvalue weighted by Gasteiger charge is 2.33. The minimum Gasteiger partial charge on any atom is -0.478 e. The number of ether oxygens (including phenoxy) is 1. The van der Waals surface area contributed by atoms with Crippen LogP contribution in [0.5, 0.6) is 0 Å². The van der Waals surface area contributed by atoms with E-state index in [4.69, 9.17) is 4.74 Å². The number of carboxylic acids is 1. The van der Waals surface area contributed by atoms with Gasteiger partial charge in [0.25, 0.3) is 10.0 Å². The highest BCUT2D eigenvalue weighted by molar-refractivity contribution is 7.89. The summed E-state index contributed by atoms with van der Waals surface area (Å²) >= 11 is 0. The number of rotatable bonds is 5. The molecule has 0 spiro atoms. The third-order valence-corrected chi connectivity index (χ3v) is 4.90. The molecule has 0 aromatic carbocycles. The molecule has 1 aliphatic rings. The molecule has 9 heteroatoms. The van der Waals surface area contributed by atoms with Gasteiger partial charge in [-0.1, -0.05) is 13.8 Å². The lowest BCUT2D eigenvalue weighted by Crippen LogP contribution is -2.41. The van der Waals surface area contributed by atoms with Gasteiger partial charge in [0.15, 0.2) is 0 Å². The zero-order chi connectivity index (χ0) is 15.6. The molecule has 2 heterocycles. The van der Waals surface area contributed by atoms with Crippen LogP contribution < -0.4 is 0 Å². The average Bonchev–Trinajstić information content (AvgIpc) is 2.84. The summed E-state index contributed by atoms with van der Waals surface area (Å²) < 4.78 is 32.8. The van der Waals surface area contributed by atoms with Crippen molar-refractivity contribution in [3.63, 3.8) is 0 Å². The Hall–Kier alpha value is -1.45. The Morgan fingerprint density at radius 3 is 2.57 bits per heavy atom. The van der Waals surface area contributed by atoms with Crippen molar-refractivity contribution in [1.29, 1.82) is 0 Å². The van der Waals surface area contributed by atoms with E-state index >= 15 is 0 Å². The summed E-state index contributed by atoms with van der Waals surface area (Å²) in [7, 11) is -3.91. The van der Waals surface area contributed by atoms with Gasteiger partial charge in [-0.25, -0.2) is 13.2 Å². The molecule has 0 radical (unpaired) electrons. The van der Waals surface area contributed by atoms with Crippen LogP contribution in [0.15, 0.2) is 11.2 Å². The van der Waals surface area contributed by atoms with E-state index in [9.17, 15) is 18.3 Å². The largest absolute Gasteiger partial charge is 0.478 e. The normalized spacial score (nSPS) is 17.3. The molecular formula is C12H19N3O5S. The number of aromatic carboxylic acids is 1. The monoisotopic (exact) mass is 317 g/mol. The van der Waals surface area contributed by atoms with Gasteiger partial charge < -0.3 is 9.84 Å². The summed E-state index contributed by atoms with van der Waals surface area (Å²) in [4.78, 5) is 11.3. The SMILES string of the molecule is CC(C)Cn1cc(C(=O)O)c(S(=O)(=O)N2CCOCC2)n1. The van der Waals surface area contributed by atoms with E-state index < -0.39 is 21.0 Å². The molecule has 0 atom stereocenters. The maximum absolute atomic E-state index is 12.5. The molecule has 0 saturated carbocycles. The molecule has 1 aromatic rings. The Morgan fingerprint density at radius 1 is 1.43 bits per heavy atom. The van der Waals surface area contributed by atoms with E-state index in [1.54, 1.807) is 0 Å². The van der Waals surface area contributed by atoms with E-state index in [0.717, 1.165) is 0 Å². The van der Waals surface area contributed by atoms with Crippen LogP contribution >= 0.6 is 0 Å². The summed E-state index contributed by atoms with van der Waals surface area (Å²) in [5.41, 5.74) is -0.290. The van der Waals surface area contributed by atoms with Gasteiger partial charge in [0.05, 0.1) is 13.2 Å². The smallest absolute Gasteiger partial charge is 0.340 e. The van der Waals surface area contributed by atoms with Crippen LogP contribution in [0.25, 0.3) is 0 Å². The van der Waals surface area contributed by atoms with Gasteiger partial charge >= 0.3 is 5.97 Å². The van der Waals surface area contributed by atoms with Gasteiger partial charge in [0.1, 0.15) is 5.56 Å². The van der Waals surface area contributed by atoms with Crippen molar-refractivity contribution < 1.29 is 23.1 Å². The van der Waals surface area contributed by atoms with Crippen molar-refractivity contribution >= 4 is 16.0 Å². The Morgan fingerprint density at radius 2 is 2.05 bits per heavy atom. The molecule has 21 heavy (non-hydrogen) atoms. The summed E-state index contributed by atoms with van der Waals surface area (Å²) in [6.45, 7) is 5.36. The molecule has 118 valence electrons. The fourth-order valence-electron chi connectivity index (χ4n) is 2.12. The first-order valence-corrected chi connectivity index (χ1v) is 8.15. The van der Waals surface area contributed by atoms with Gasteiger partial charge in [0.2, 0.25) is 5.03 Å². The Labute approximate surface area is 123 Å². The molecular weight excluding hydrogens is 298 g/mol. The van der Waals surface area contributed by atoms with Gasteiger partial charge in [0, 0.05) is 25.8 Å². The summed E-state index contributed by atoms with van der Waals surface area (Å²) in [5, 5.41) is 12.8. The van der Waals surface area contributed by atoms with Crippen LogP contribution in [0.3, 0.4) is 0 Å². The number of hydrogen-bond acceptors (Lipinski definition) is 5. The molecule has 0 unspecified atom stereocenters. The van der Waals surface area contributed by atoms with E-state index in [1.165, 1.54) is 15.2 Å². The van der Waals surface area contributed by atoms with E-state index in [-0.39, 0.29) is 24.6 Å². The minimum atomic E-state index is -3.91. The minimum absolute atomic E-state index is 0.207. The molecule has 1 fully saturated rings. The highest BCUT2D eigenvalue weighted by atomic mass is 32.2. The summed E-state index contributed by atoms with van der Waals surface area (Å²) in [6, 6.07) is 0. The van der Waals surface area contributed by atoms with Gasteiger partial charge in [-0.3, -0.25) is 4.68 Å². The second-order valence-corrected chi connectivity index (χ2v) is 7.14. The second kappa shape index (κ2) is 6.12. The Balaban J connectivity index is 2.40. The van der Waals surface area contributed by atoms with Crippen molar-refractivity contribution in [3.05, 3.63) is 11.8 Å². The summed E-state index contributed by atoms with van der Waals surface area (Å²) in [5.74, 6) is -1.07. The molecule has 1 aromatic heterocycles. The van der Waals surface area contributed by atoms with Crippen LogP contribution in [-0.4, -0.2) is 59.9 Å². The summed E-state index contributed by atoms with van der Waals surface area (Å²) in [6.07, 6.45) is 1.27. The predicted octanol–water partition coefficient (Wildman–Crippen LogP) is 0.258.